The molecule has 5 heteroatoms. The summed E-state index contributed by atoms with van der Waals surface area (Å²) >= 11 is 0. The van der Waals surface area contributed by atoms with Gasteiger partial charge in [0.1, 0.15) is 11.6 Å². The molecule has 0 N–H and O–H groups in total. The molecule has 20 heavy (non-hydrogen) atoms. The number of fused-ring (bicyclic) bond motifs is 1. The fourth-order valence-corrected chi connectivity index (χ4v) is 4.06. The number of likely N-dealkylation sites (tertiary alicyclic amines) is 1. The van der Waals surface area contributed by atoms with Crippen LogP contribution in [0.3, 0.4) is 0 Å². The molecule has 0 saturated carbocycles. The number of rotatable bonds is 2. The second kappa shape index (κ2) is 5.02. The number of hydrogen-bond donors (Lipinski definition) is 0. The molecule has 0 bridgehead atoms. The van der Waals surface area contributed by atoms with E-state index in [0.29, 0.717) is 0 Å². The molecule has 1 spiro atoms. The van der Waals surface area contributed by atoms with Gasteiger partial charge in [-0.1, -0.05) is 6.92 Å². The number of carbonyl (C=O) groups excluding carboxylic acids is 2. The highest BCUT2D eigenvalue weighted by molar-refractivity contribution is 6.00. The van der Waals surface area contributed by atoms with Crippen LogP contribution in [0.25, 0.3) is 0 Å². The Morgan fingerprint density at radius 1 is 1.20 bits per heavy atom. The van der Waals surface area contributed by atoms with Gasteiger partial charge in [-0.25, -0.2) is 0 Å². The lowest BCUT2D eigenvalue weighted by Gasteiger charge is -2.53. The van der Waals surface area contributed by atoms with E-state index >= 15 is 0 Å². The van der Waals surface area contributed by atoms with Gasteiger partial charge in [0.05, 0.1) is 0 Å². The third kappa shape index (κ3) is 1.86. The van der Waals surface area contributed by atoms with Gasteiger partial charge in [-0.2, -0.15) is 0 Å². The van der Waals surface area contributed by atoms with Gasteiger partial charge < -0.3 is 14.7 Å². The molecule has 3 heterocycles. The molecule has 5 nitrogen and oxygen atoms in total. The first kappa shape index (κ1) is 13.9. The Morgan fingerprint density at radius 3 is 2.55 bits per heavy atom. The normalized spacial score (nSPS) is 30.2. The Balaban J connectivity index is 1.95. The van der Waals surface area contributed by atoms with Crippen molar-refractivity contribution in [2.24, 2.45) is 0 Å². The summed E-state index contributed by atoms with van der Waals surface area (Å²) in [7, 11) is 2.09. The maximum absolute atomic E-state index is 13.0. The third-order valence-electron chi connectivity index (χ3n) is 5.24. The predicted octanol–water partition coefficient (Wildman–Crippen LogP) is 0.694. The van der Waals surface area contributed by atoms with Gasteiger partial charge in [0.2, 0.25) is 11.8 Å². The first-order chi connectivity index (χ1) is 9.60. The summed E-state index contributed by atoms with van der Waals surface area (Å²) in [6.07, 6.45) is 4.32. The summed E-state index contributed by atoms with van der Waals surface area (Å²) in [4.78, 5) is 31.9. The van der Waals surface area contributed by atoms with Gasteiger partial charge in [0.25, 0.3) is 0 Å². The zero-order chi connectivity index (χ0) is 14.3. The monoisotopic (exact) mass is 279 g/mol. The van der Waals surface area contributed by atoms with E-state index in [2.05, 4.69) is 18.9 Å². The van der Waals surface area contributed by atoms with Gasteiger partial charge >= 0.3 is 0 Å². The van der Waals surface area contributed by atoms with E-state index in [1.165, 1.54) is 0 Å². The molecule has 0 aliphatic carbocycles. The van der Waals surface area contributed by atoms with Crippen LogP contribution < -0.4 is 0 Å². The Bertz CT molecular complexity index is 415. The molecular formula is C15H25N3O2. The van der Waals surface area contributed by atoms with E-state index in [9.17, 15) is 9.59 Å². The quantitative estimate of drug-likeness (QED) is 0.747. The second-order valence-corrected chi connectivity index (χ2v) is 6.48. The zero-order valence-electron chi connectivity index (χ0n) is 12.6. The molecule has 0 aromatic heterocycles. The van der Waals surface area contributed by atoms with Crippen molar-refractivity contribution in [1.82, 2.24) is 14.7 Å². The molecule has 3 saturated heterocycles. The van der Waals surface area contributed by atoms with Crippen LogP contribution in [0, 0.1) is 0 Å². The van der Waals surface area contributed by atoms with E-state index in [-0.39, 0.29) is 17.9 Å². The van der Waals surface area contributed by atoms with Crippen molar-refractivity contribution >= 4 is 11.8 Å². The fourth-order valence-electron chi connectivity index (χ4n) is 4.06. The molecule has 3 aliphatic heterocycles. The van der Waals surface area contributed by atoms with E-state index in [1.807, 2.05) is 9.80 Å². The lowest BCUT2D eigenvalue weighted by Crippen LogP contribution is -2.72. The van der Waals surface area contributed by atoms with E-state index in [0.717, 1.165) is 58.3 Å². The summed E-state index contributed by atoms with van der Waals surface area (Å²) in [6, 6.07) is -0.167. The highest BCUT2D eigenvalue weighted by Crippen LogP contribution is 2.39. The van der Waals surface area contributed by atoms with Crippen LogP contribution in [0.5, 0.6) is 0 Å². The van der Waals surface area contributed by atoms with Crippen molar-refractivity contribution in [3.63, 3.8) is 0 Å². The lowest BCUT2D eigenvalue weighted by molar-refractivity contribution is -0.172. The van der Waals surface area contributed by atoms with Crippen LogP contribution >= 0.6 is 0 Å². The highest BCUT2D eigenvalue weighted by atomic mass is 16.2. The number of carbonyl (C=O) groups is 2. The van der Waals surface area contributed by atoms with E-state index in [4.69, 9.17) is 0 Å². The number of amides is 2. The van der Waals surface area contributed by atoms with Gasteiger partial charge in [-0.05, 0) is 39.2 Å². The number of piperidine rings is 1. The first-order valence-corrected chi connectivity index (χ1v) is 7.91. The Hall–Kier alpha value is -1.10. The molecular weight excluding hydrogens is 254 g/mol. The summed E-state index contributed by atoms with van der Waals surface area (Å²) in [5.41, 5.74) is -0.541. The topological polar surface area (TPSA) is 43.9 Å². The largest absolute Gasteiger partial charge is 0.329 e. The van der Waals surface area contributed by atoms with Crippen molar-refractivity contribution in [3.05, 3.63) is 0 Å². The molecule has 0 aromatic carbocycles. The lowest BCUT2D eigenvalue weighted by atomic mass is 9.81. The van der Waals surface area contributed by atoms with Crippen LogP contribution in [0.15, 0.2) is 0 Å². The molecule has 3 rings (SSSR count). The Kier molecular flexibility index (Phi) is 3.48. The van der Waals surface area contributed by atoms with Crippen LogP contribution in [0.1, 0.15) is 39.0 Å². The molecule has 112 valence electrons. The van der Waals surface area contributed by atoms with Gasteiger partial charge in [-0.15, -0.1) is 0 Å². The molecule has 1 atom stereocenters. The summed E-state index contributed by atoms with van der Waals surface area (Å²) in [5.74, 6) is 0.426. The molecule has 3 fully saturated rings. The first-order valence-electron chi connectivity index (χ1n) is 7.91. The minimum atomic E-state index is -0.541. The summed E-state index contributed by atoms with van der Waals surface area (Å²) in [5, 5.41) is 0. The molecule has 2 amide bonds. The van der Waals surface area contributed by atoms with Crippen molar-refractivity contribution in [1.29, 1.82) is 0 Å². The van der Waals surface area contributed by atoms with Crippen molar-refractivity contribution in [2.75, 3.05) is 33.2 Å². The molecule has 0 aromatic rings. The number of nitrogens with zero attached hydrogens (tertiary/aromatic N) is 3. The van der Waals surface area contributed by atoms with E-state index in [1.54, 1.807) is 0 Å². The maximum atomic E-state index is 13.0. The molecule has 0 radical (unpaired) electrons. The van der Waals surface area contributed by atoms with Crippen molar-refractivity contribution in [3.8, 4) is 0 Å². The van der Waals surface area contributed by atoms with Crippen LogP contribution in [-0.2, 0) is 9.59 Å². The predicted molar refractivity (Wildman–Crippen MR) is 76.2 cm³/mol. The standard InChI is InChI=1S/C15H25N3O2/c1-3-8-18-13(19)12-5-4-9-17(12)14(20)15(18)6-10-16(2)11-7-15/h12H,3-11H2,1-2H3. The maximum Gasteiger partial charge on any atom is 0.249 e. The van der Waals surface area contributed by atoms with Gasteiger partial charge in [-0.3, -0.25) is 9.59 Å². The Morgan fingerprint density at radius 2 is 1.90 bits per heavy atom. The minimum absolute atomic E-state index is 0.167. The van der Waals surface area contributed by atoms with Crippen LogP contribution in [0.2, 0.25) is 0 Å². The van der Waals surface area contributed by atoms with Gasteiger partial charge in [0, 0.05) is 26.2 Å². The van der Waals surface area contributed by atoms with Crippen LogP contribution in [-0.4, -0.2) is 71.3 Å². The average molecular weight is 279 g/mol. The molecule has 3 aliphatic rings. The van der Waals surface area contributed by atoms with Crippen LogP contribution in [0.4, 0.5) is 0 Å². The summed E-state index contributed by atoms with van der Waals surface area (Å²) < 4.78 is 0. The Labute approximate surface area is 120 Å². The van der Waals surface area contributed by atoms with Crippen molar-refractivity contribution < 1.29 is 9.59 Å². The number of hydrogen-bond acceptors (Lipinski definition) is 3. The SMILES string of the molecule is CCCN1C(=O)C2CCCN2C(=O)C12CCN(C)CC2. The second-order valence-electron chi connectivity index (χ2n) is 6.48. The van der Waals surface area contributed by atoms with E-state index < -0.39 is 5.54 Å². The number of piperazine rings is 1. The fraction of sp³-hybridized carbons (Fsp3) is 0.867. The zero-order valence-corrected chi connectivity index (χ0v) is 12.6. The average Bonchev–Trinajstić information content (AvgIpc) is 2.93. The smallest absolute Gasteiger partial charge is 0.249 e. The van der Waals surface area contributed by atoms with Gasteiger partial charge in [0.15, 0.2) is 0 Å². The molecule has 1 unspecified atom stereocenters. The van der Waals surface area contributed by atoms with Crippen molar-refractivity contribution in [2.45, 2.75) is 50.6 Å². The third-order valence-corrected chi connectivity index (χ3v) is 5.24. The minimum Gasteiger partial charge on any atom is -0.329 e. The summed E-state index contributed by atoms with van der Waals surface area (Å²) in [6.45, 7) is 5.38. The highest BCUT2D eigenvalue weighted by Gasteiger charge is 2.57.